The number of esters is 1. The highest BCUT2D eigenvalue weighted by Gasteiger charge is 2.50. The van der Waals surface area contributed by atoms with Crippen molar-refractivity contribution in [2.45, 2.75) is 33.3 Å². The molecule has 2 amide bonds. The maximum atomic E-state index is 13.5. The standard InChI is InChI=1S/C35H30N2O5/c1-20-12-17-29-27(18-20)28(35(41)42-22(3)32(38)24-9-5-4-6-10-24)19-30(36-29)23-13-15-25(16-14-23)37-33(39)26-11-7-8-21(2)31(26)34(37)40/h4-10,12-19,21-22,26,31H,11H2,1-3H3/t21-,22-,26+,31+/m0/s1. The van der Waals surface area contributed by atoms with E-state index in [0.717, 1.165) is 5.56 Å². The number of aryl methyl sites for hydroxylation is 1. The first-order valence-electron chi connectivity index (χ1n) is 14.1. The molecule has 210 valence electrons. The second-order valence-electron chi connectivity index (χ2n) is 11.1. The Balaban J connectivity index is 1.31. The van der Waals surface area contributed by atoms with Gasteiger partial charge < -0.3 is 4.74 Å². The number of aromatic nitrogens is 1. The molecule has 0 spiro atoms. The van der Waals surface area contributed by atoms with Crippen molar-refractivity contribution in [3.05, 3.63) is 108 Å². The number of hydrogen-bond acceptors (Lipinski definition) is 6. The minimum atomic E-state index is -0.979. The number of Topliss-reactive ketones (excluding diaryl/α,β-unsaturated/α-hetero) is 1. The Bertz CT molecular complexity index is 1760. The molecule has 0 bridgehead atoms. The number of fused-ring (bicyclic) bond motifs is 2. The number of rotatable bonds is 6. The van der Waals surface area contributed by atoms with Crippen molar-refractivity contribution in [3.63, 3.8) is 0 Å². The number of imide groups is 1. The fraction of sp³-hybridized carbons (Fsp3) is 0.229. The predicted molar refractivity (Wildman–Crippen MR) is 160 cm³/mol. The van der Waals surface area contributed by atoms with E-state index >= 15 is 0 Å². The predicted octanol–water partition coefficient (Wildman–Crippen LogP) is 6.34. The number of ketones is 1. The molecule has 6 rings (SSSR count). The van der Waals surface area contributed by atoms with Gasteiger partial charge in [0.1, 0.15) is 0 Å². The van der Waals surface area contributed by atoms with Crippen LogP contribution in [0.2, 0.25) is 0 Å². The number of benzene rings is 3. The molecule has 1 aliphatic carbocycles. The molecule has 1 fully saturated rings. The lowest BCUT2D eigenvalue weighted by Gasteiger charge is -2.22. The average Bonchev–Trinajstić information content (AvgIpc) is 3.26. The molecule has 42 heavy (non-hydrogen) atoms. The Hall–Kier alpha value is -4.91. The molecular formula is C35H30N2O5. The molecule has 0 radical (unpaired) electrons. The lowest BCUT2D eigenvalue weighted by atomic mass is 9.78. The Morgan fingerprint density at radius 1 is 0.952 bits per heavy atom. The third-order valence-electron chi connectivity index (χ3n) is 8.19. The van der Waals surface area contributed by atoms with E-state index in [4.69, 9.17) is 9.72 Å². The van der Waals surface area contributed by atoms with Crippen molar-refractivity contribution in [3.8, 4) is 11.3 Å². The van der Waals surface area contributed by atoms with Gasteiger partial charge in [0.2, 0.25) is 17.6 Å². The minimum absolute atomic E-state index is 0.0128. The number of carbonyl (C=O) groups is 4. The van der Waals surface area contributed by atoms with E-state index in [0.29, 0.717) is 45.4 Å². The average molecular weight is 559 g/mol. The second kappa shape index (κ2) is 10.8. The normalized spacial score (nSPS) is 20.5. The fourth-order valence-corrected chi connectivity index (χ4v) is 5.95. The van der Waals surface area contributed by atoms with Gasteiger partial charge in [-0.2, -0.15) is 0 Å². The van der Waals surface area contributed by atoms with Gasteiger partial charge in [0.05, 0.1) is 34.3 Å². The van der Waals surface area contributed by atoms with Crippen LogP contribution in [0.5, 0.6) is 0 Å². The molecule has 4 atom stereocenters. The summed E-state index contributed by atoms with van der Waals surface area (Å²) in [5, 5.41) is 0.623. The third-order valence-corrected chi connectivity index (χ3v) is 8.19. The first-order valence-corrected chi connectivity index (χ1v) is 14.1. The van der Waals surface area contributed by atoms with Crippen molar-refractivity contribution in [2.24, 2.45) is 17.8 Å². The Kier molecular flexibility index (Phi) is 7.02. The zero-order valence-electron chi connectivity index (χ0n) is 23.6. The molecule has 1 aliphatic heterocycles. The van der Waals surface area contributed by atoms with Gasteiger partial charge >= 0.3 is 5.97 Å². The van der Waals surface area contributed by atoms with Gasteiger partial charge in [0, 0.05) is 16.5 Å². The molecule has 2 heterocycles. The molecule has 3 aromatic carbocycles. The second-order valence-corrected chi connectivity index (χ2v) is 11.1. The Morgan fingerprint density at radius 3 is 2.40 bits per heavy atom. The van der Waals surface area contributed by atoms with Crippen molar-refractivity contribution in [2.75, 3.05) is 4.90 Å². The smallest absolute Gasteiger partial charge is 0.339 e. The summed E-state index contributed by atoms with van der Waals surface area (Å²) >= 11 is 0. The van der Waals surface area contributed by atoms with Gasteiger partial charge in [0.25, 0.3) is 0 Å². The first kappa shape index (κ1) is 27.3. The van der Waals surface area contributed by atoms with Gasteiger partial charge in [-0.3, -0.25) is 19.3 Å². The summed E-state index contributed by atoms with van der Waals surface area (Å²) in [5.41, 5.74) is 4.06. The van der Waals surface area contributed by atoms with Crippen molar-refractivity contribution < 1.29 is 23.9 Å². The molecule has 0 saturated carbocycles. The van der Waals surface area contributed by atoms with E-state index in [9.17, 15) is 19.2 Å². The van der Waals surface area contributed by atoms with Crippen LogP contribution in [0, 0.1) is 24.7 Å². The number of hydrogen-bond donors (Lipinski definition) is 0. The molecule has 7 nitrogen and oxygen atoms in total. The highest BCUT2D eigenvalue weighted by atomic mass is 16.5. The van der Waals surface area contributed by atoms with Crippen LogP contribution < -0.4 is 4.90 Å². The quantitative estimate of drug-likeness (QED) is 0.119. The van der Waals surface area contributed by atoms with Crippen LogP contribution in [-0.2, 0) is 14.3 Å². The van der Waals surface area contributed by atoms with Gasteiger partial charge in [-0.05, 0) is 56.5 Å². The summed E-state index contributed by atoms with van der Waals surface area (Å²) in [6.45, 7) is 5.46. The largest absolute Gasteiger partial charge is 0.451 e. The van der Waals surface area contributed by atoms with E-state index in [1.54, 1.807) is 61.5 Å². The number of amides is 2. The van der Waals surface area contributed by atoms with E-state index in [1.807, 2.05) is 50.3 Å². The Labute approximate surface area is 243 Å². The number of anilines is 1. The summed E-state index contributed by atoms with van der Waals surface area (Å²) in [6.07, 6.45) is 3.58. The third kappa shape index (κ3) is 4.81. The van der Waals surface area contributed by atoms with Crippen LogP contribution in [0.25, 0.3) is 22.2 Å². The first-order chi connectivity index (χ1) is 20.2. The van der Waals surface area contributed by atoms with E-state index in [-0.39, 0.29) is 35.4 Å². The number of carbonyl (C=O) groups excluding carboxylic acids is 4. The monoisotopic (exact) mass is 558 g/mol. The molecular weight excluding hydrogens is 528 g/mol. The van der Waals surface area contributed by atoms with E-state index in [1.165, 1.54) is 4.90 Å². The summed E-state index contributed by atoms with van der Waals surface area (Å²) < 4.78 is 5.65. The summed E-state index contributed by atoms with van der Waals surface area (Å²) in [4.78, 5) is 58.8. The number of pyridine rings is 1. The molecule has 1 saturated heterocycles. The molecule has 0 unspecified atom stereocenters. The van der Waals surface area contributed by atoms with E-state index < -0.39 is 12.1 Å². The van der Waals surface area contributed by atoms with Gasteiger partial charge in [-0.15, -0.1) is 0 Å². The summed E-state index contributed by atoms with van der Waals surface area (Å²) in [6, 6.07) is 23.1. The molecule has 2 aliphatic rings. The number of ether oxygens (including phenoxy) is 1. The molecule has 7 heteroatoms. The molecule has 0 N–H and O–H groups in total. The van der Waals surface area contributed by atoms with Crippen molar-refractivity contribution in [1.82, 2.24) is 4.98 Å². The number of allylic oxidation sites excluding steroid dienone is 2. The zero-order chi connectivity index (χ0) is 29.5. The summed E-state index contributed by atoms with van der Waals surface area (Å²) in [7, 11) is 0. The Morgan fingerprint density at radius 2 is 1.69 bits per heavy atom. The minimum Gasteiger partial charge on any atom is -0.451 e. The van der Waals surface area contributed by atoms with Crippen LogP contribution >= 0.6 is 0 Å². The van der Waals surface area contributed by atoms with Gasteiger partial charge in [-0.1, -0.05) is 73.2 Å². The van der Waals surface area contributed by atoms with Crippen LogP contribution in [0.3, 0.4) is 0 Å². The van der Waals surface area contributed by atoms with Crippen LogP contribution in [-0.4, -0.2) is 34.7 Å². The van der Waals surface area contributed by atoms with E-state index in [2.05, 4.69) is 0 Å². The highest BCUT2D eigenvalue weighted by Crippen LogP contribution is 2.40. The molecule has 1 aromatic heterocycles. The fourth-order valence-electron chi connectivity index (χ4n) is 5.95. The van der Waals surface area contributed by atoms with Crippen LogP contribution in [0.1, 0.15) is 46.5 Å². The zero-order valence-corrected chi connectivity index (χ0v) is 23.6. The maximum absolute atomic E-state index is 13.5. The highest BCUT2D eigenvalue weighted by molar-refractivity contribution is 6.22. The molecule has 4 aromatic rings. The topological polar surface area (TPSA) is 93.6 Å². The SMILES string of the molecule is Cc1ccc2nc(-c3ccc(N4C(=O)[C@@H]5[C@@H](C)C=CC[C@H]5C4=O)cc3)cc(C(=O)O[C@@H](C)C(=O)c3ccccc3)c2c1. The lowest BCUT2D eigenvalue weighted by molar-refractivity contribution is -0.122. The van der Waals surface area contributed by atoms with Crippen LogP contribution in [0.15, 0.2) is 91.0 Å². The summed E-state index contributed by atoms with van der Waals surface area (Å²) in [5.74, 6) is -1.90. The van der Waals surface area contributed by atoms with Crippen molar-refractivity contribution in [1.29, 1.82) is 0 Å². The van der Waals surface area contributed by atoms with Gasteiger partial charge in [-0.25, -0.2) is 9.78 Å². The lowest BCUT2D eigenvalue weighted by Crippen LogP contribution is -2.31. The van der Waals surface area contributed by atoms with Crippen LogP contribution in [0.4, 0.5) is 5.69 Å². The maximum Gasteiger partial charge on any atom is 0.339 e. The van der Waals surface area contributed by atoms with Gasteiger partial charge in [0.15, 0.2) is 6.10 Å². The van der Waals surface area contributed by atoms with Crippen molar-refractivity contribution >= 4 is 40.2 Å². The number of nitrogens with zero attached hydrogens (tertiary/aromatic N) is 2.